The molecule has 6 atom stereocenters. The number of aryl methyl sites for hydroxylation is 2. The largest absolute Gasteiger partial charge is 0.502 e. The van der Waals surface area contributed by atoms with Gasteiger partial charge in [0, 0.05) is 105 Å². The molecule has 6 unspecified atom stereocenters. The highest BCUT2D eigenvalue weighted by molar-refractivity contribution is 6.06. The molecule has 6 amide bonds. The summed E-state index contributed by atoms with van der Waals surface area (Å²) in [6.45, 7) is 76.2. The Bertz CT molecular complexity index is 3040. The fourth-order valence-corrected chi connectivity index (χ4v) is 11.9. The van der Waals surface area contributed by atoms with Crippen LogP contribution in [0.2, 0.25) is 0 Å². The van der Waals surface area contributed by atoms with E-state index in [4.69, 9.17) is 0 Å². The molecule has 0 spiro atoms. The summed E-state index contributed by atoms with van der Waals surface area (Å²) in [7, 11) is 1.88. The molecule has 0 radical (unpaired) electrons. The zero-order valence-corrected chi connectivity index (χ0v) is 65.7. The molecule has 19 nitrogen and oxygen atoms in total. The maximum atomic E-state index is 12.0. The van der Waals surface area contributed by atoms with Crippen molar-refractivity contribution in [3.8, 4) is 5.75 Å². The van der Waals surface area contributed by atoms with Crippen molar-refractivity contribution in [2.45, 2.75) is 264 Å². The first-order valence-electron chi connectivity index (χ1n) is 34.5. The zero-order valence-electron chi connectivity index (χ0n) is 65.7. The van der Waals surface area contributed by atoms with Gasteiger partial charge in [0.05, 0.1) is 22.2 Å². The fourth-order valence-electron chi connectivity index (χ4n) is 11.9. The van der Waals surface area contributed by atoms with E-state index in [1.807, 2.05) is 93.0 Å². The second-order valence-electron chi connectivity index (χ2n) is 35.8. The molecule has 19 heteroatoms. The molecule has 8 heterocycles. The Morgan fingerprint density at radius 1 is 0.547 bits per heavy atom. The number of hydrogen-bond acceptors (Lipinski definition) is 12. The van der Waals surface area contributed by atoms with E-state index >= 15 is 0 Å². The van der Waals surface area contributed by atoms with Gasteiger partial charge < -0.3 is 40.8 Å². The quantitative estimate of drug-likeness (QED) is 0.153. The molecule has 6 aliphatic heterocycles. The molecule has 0 bridgehead atoms. The number of carbonyl (C=O) groups is 6. The van der Waals surface area contributed by atoms with E-state index in [-0.39, 0.29) is 96.0 Å². The Balaban J connectivity index is 0.000000544. The van der Waals surface area contributed by atoms with Gasteiger partial charge in [-0.1, -0.05) is 179 Å². The topological polar surface area (TPSA) is 260 Å². The third-order valence-electron chi connectivity index (χ3n) is 19.8. The Labute approximate surface area is 574 Å². The second kappa shape index (κ2) is 32.9. The number of nitrogens with zero attached hydrogens (tertiary/aromatic N) is 5. The van der Waals surface area contributed by atoms with Gasteiger partial charge in [0.15, 0.2) is 0 Å². The lowest BCUT2D eigenvalue weighted by atomic mass is 9.67. The number of aromatic amines is 2. The Morgan fingerprint density at radius 2 is 1.00 bits per heavy atom. The first-order valence-corrected chi connectivity index (χ1v) is 34.5. The predicted octanol–water partition coefficient (Wildman–Crippen LogP) is 13.4. The Morgan fingerprint density at radius 3 is 1.26 bits per heavy atom. The number of amides is 6. The van der Waals surface area contributed by atoms with Crippen LogP contribution in [0.5, 0.6) is 5.75 Å². The monoisotopic (exact) mass is 1330 g/mol. The number of H-pyrrole nitrogens is 2. The van der Waals surface area contributed by atoms with Crippen molar-refractivity contribution in [1.29, 1.82) is 0 Å². The highest BCUT2D eigenvalue weighted by Crippen LogP contribution is 2.48. The van der Waals surface area contributed by atoms with E-state index in [1.54, 1.807) is 13.8 Å². The average molecular weight is 1330 g/mol. The summed E-state index contributed by atoms with van der Waals surface area (Å²) in [6, 6.07) is 0. The highest BCUT2D eigenvalue weighted by atomic mass is 16.3. The molecule has 0 aliphatic carbocycles. The smallest absolute Gasteiger partial charge is 0.293 e. The Hall–Kier alpha value is -6.14. The van der Waals surface area contributed by atoms with Crippen LogP contribution in [0.3, 0.4) is 0 Å². The van der Waals surface area contributed by atoms with Crippen LogP contribution in [-0.2, 0) is 39.6 Å². The highest BCUT2D eigenvalue weighted by Gasteiger charge is 2.54. The summed E-state index contributed by atoms with van der Waals surface area (Å²) < 4.78 is 0. The van der Waals surface area contributed by atoms with E-state index in [0.29, 0.717) is 47.5 Å². The van der Waals surface area contributed by atoms with Crippen LogP contribution < -0.4 is 27.1 Å². The van der Waals surface area contributed by atoms with Gasteiger partial charge >= 0.3 is 0 Å². The molecule has 8 rings (SSSR count). The Kier molecular flexibility index (Phi) is 30.1. The molecule has 6 aliphatic rings. The maximum absolute atomic E-state index is 12.0. The molecule has 6 fully saturated rings. The van der Waals surface area contributed by atoms with Crippen LogP contribution >= 0.6 is 0 Å². The summed E-state index contributed by atoms with van der Waals surface area (Å²) in [5, 5.41) is 18.4. The average Bonchev–Trinajstić information content (AvgIpc) is 1.63. The normalized spacial score (nSPS) is 23.2. The van der Waals surface area contributed by atoms with Crippen molar-refractivity contribution < 1.29 is 33.9 Å². The van der Waals surface area contributed by atoms with Crippen molar-refractivity contribution in [3.05, 3.63) is 73.9 Å². The number of aromatic hydroxyl groups is 1. The lowest BCUT2D eigenvalue weighted by Gasteiger charge is -2.35. The van der Waals surface area contributed by atoms with Crippen molar-refractivity contribution in [1.82, 2.24) is 50.6 Å². The minimum absolute atomic E-state index is 0.00345. The molecular weight excluding hydrogens is 1200 g/mol. The molecule has 2 aromatic heterocycles. The van der Waals surface area contributed by atoms with E-state index in [1.165, 1.54) is 10.6 Å². The summed E-state index contributed by atoms with van der Waals surface area (Å²) in [5.41, 5.74) is 3.08. The zero-order chi connectivity index (χ0) is 74.7. The number of rotatable bonds is 2. The molecule has 6 N–H and O–H groups in total. The number of allylic oxidation sites excluding steroid dienone is 2. The van der Waals surface area contributed by atoms with Gasteiger partial charge in [0.1, 0.15) is 11.6 Å². The number of carbonyl (C=O) groups excluding carboxylic acids is 6. The number of hydrogen-bond donors (Lipinski definition) is 6. The van der Waals surface area contributed by atoms with Gasteiger partial charge in [-0.3, -0.25) is 43.3 Å². The molecule has 6 saturated heterocycles. The fraction of sp³-hybridized carbons (Fsp3) is 0.763. The number of aromatic nitrogens is 4. The molecule has 542 valence electrons. The van der Waals surface area contributed by atoms with E-state index in [2.05, 4.69) is 174 Å². The van der Waals surface area contributed by atoms with Crippen LogP contribution in [0.25, 0.3) is 0 Å². The summed E-state index contributed by atoms with van der Waals surface area (Å²) in [5.74, 6) is 3.38. The number of imide groups is 1. The minimum atomic E-state index is -0.528. The van der Waals surface area contributed by atoms with Gasteiger partial charge in [-0.2, -0.15) is 0 Å². The standard InChI is InChI=1S/C11H19NO2.C10H16N2O.C10H17NO.C10H19NO.C9H14N2O2.C9H17NO.C9H17N.C8H15NO/c1-6-12-8(13)7-11(5,9(12)14)10(2,3)4;1-6-8(10(3,4)5)11-7(2)12-9(6)13;1-7-6-10(5,8(12)11-7)9(2,3)4;1-5-11-7-6-8(9(11)12)10(2,3)4;1-5-10-7(9(2,3)4)6(12)8(13)11-5;1-9(2,3)7-5-6-10(4)8(7)11;1-7-5-8(6-10-7)9(2,3)4;1-8(2,3)6-4-5-9-7(6)10/h6-7H2,1-5H3;1-5H3,(H,11,12,13);1,6H2,2-5H3,(H,11,12);8H,5-7H2,1-4H3;12H,1-4H3,(H,10,11,13);7H,5-6H2,1-4H3;8,10H,1,5-6H2,2-4H3;6H,4-5H2,1-3H3,(H,9,10). The van der Waals surface area contributed by atoms with Crippen molar-refractivity contribution >= 4 is 35.4 Å². The summed E-state index contributed by atoms with van der Waals surface area (Å²) in [6.07, 6.45) is 5.33. The molecule has 95 heavy (non-hydrogen) atoms. The van der Waals surface area contributed by atoms with Crippen LogP contribution in [0.1, 0.15) is 261 Å². The summed E-state index contributed by atoms with van der Waals surface area (Å²) >= 11 is 0. The number of nitrogens with one attached hydrogen (secondary N) is 5. The SMILES string of the molecule is C=C1CC(C(C)(C)C)CN1.C=C1CC(C)(C(C)(C)C)C(=O)N1.CC(C)(C)C1CCNC1=O.CCN1C(=O)CC(C)(C(C)(C)C)C1=O.CCN1CCC(C(C)(C)C)C1=O.CN1CCC(C(C)(C)C)C1=O.Cc1nc(C(C)(C)C)c(C)c(=O)[nH]1.Cc1nc(C(C)(C)C)c(O)c(=O)[nH]1. The maximum Gasteiger partial charge on any atom is 0.293 e. The van der Waals surface area contributed by atoms with Crippen molar-refractivity contribution in [3.63, 3.8) is 0 Å². The van der Waals surface area contributed by atoms with Gasteiger partial charge in [0.25, 0.3) is 11.1 Å². The van der Waals surface area contributed by atoms with Crippen LogP contribution in [0.4, 0.5) is 0 Å². The van der Waals surface area contributed by atoms with E-state index in [9.17, 15) is 43.5 Å². The van der Waals surface area contributed by atoms with E-state index in [0.717, 1.165) is 87.7 Å². The first kappa shape index (κ1) is 86.9. The van der Waals surface area contributed by atoms with Crippen LogP contribution in [-0.4, -0.2) is 122 Å². The van der Waals surface area contributed by atoms with Crippen LogP contribution in [0.15, 0.2) is 34.1 Å². The van der Waals surface area contributed by atoms with E-state index < -0.39 is 11.0 Å². The van der Waals surface area contributed by atoms with Crippen molar-refractivity contribution in [2.75, 3.05) is 46.3 Å². The van der Waals surface area contributed by atoms with Crippen LogP contribution in [0, 0.1) is 87.8 Å². The molecular formula is C76H134N10O9. The summed E-state index contributed by atoms with van der Waals surface area (Å²) in [4.78, 5) is 111. The third kappa shape index (κ3) is 24.4. The lowest BCUT2D eigenvalue weighted by Crippen LogP contribution is -2.41. The third-order valence-corrected chi connectivity index (χ3v) is 19.8. The van der Waals surface area contributed by atoms with Gasteiger partial charge in [-0.15, -0.1) is 0 Å². The predicted molar refractivity (Wildman–Crippen MR) is 387 cm³/mol. The number of likely N-dealkylation sites (tertiary alicyclic amines) is 3. The van der Waals surface area contributed by atoms with Gasteiger partial charge in [0.2, 0.25) is 41.2 Å². The van der Waals surface area contributed by atoms with Crippen molar-refractivity contribution in [2.24, 2.45) is 67.0 Å². The molecule has 0 aromatic carbocycles. The van der Waals surface area contributed by atoms with Gasteiger partial charge in [-0.05, 0) is 113 Å². The van der Waals surface area contributed by atoms with Gasteiger partial charge in [-0.25, -0.2) is 9.97 Å². The first-order chi connectivity index (χ1) is 42.6. The molecule has 2 aromatic rings. The lowest BCUT2D eigenvalue weighted by molar-refractivity contribution is -0.143. The molecule has 0 saturated carbocycles. The minimum Gasteiger partial charge on any atom is -0.502 e. The second-order valence-corrected chi connectivity index (χ2v) is 35.8.